The maximum absolute atomic E-state index is 12.4. The van der Waals surface area contributed by atoms with Gasteiger partial charge in [-0.3, -0.25) is 4.79 Å². The molecule has 1 N–H and O–H groups in total. The minimum absolute atomic E-state index is 0.0215. The molecule has 1 amide bonds. The molecule has 4 rings (SSSR count). The molecule has 2 aromatic carbocycles. The molecule has 0 saturated carbocycles. The highest BCUT2D eigenvalue weighted by molar-refractivity contribution is 7.99. The molecule has 7 heteroatoms. The van der Waals surface area contributed by atoms with Crippen molar-refractivity contribution < 1.29 is 4.79 Å². The Morgan fingerprint density at radius 1 is 1.16 bits per heavy atom. The summed E-state index contributed by atoms with van der Waals surface area (Å²) >= 11 is 1.44. The van der Waals surface area contributed by atoms with E-state index in [0.717, 1.165) is 41.6 Å². The second kappa shape index (κ2) is 9.56. The molecule has 2 heterocycles. The highest BCUT2D eigenvalue weighted by Crippen LogP contribution is 2.31. The van der Waals surface area contributed by atoms with E-state index in [1.54, 1.807) is 0 Å². The molecular formula is C24H29N5OS. The molecule has 1 aliphatic rings. The summed E-state index contributed by atoms with van der Waals surface area (Å²) in [6.45, 7) is 8.59. The molecule has 1 atom stereocenters. The van der Waals surface area contributed by atoms with Gasteiger partial charge in [0.1, 0.15) is 0 Å². The summed E-state index contributed by atoms with van der Waals surface area (Å²) in [5.41, 5.74) is 4.92. The normalized spacial score (nSPS) is 15.2. The molecule has 1 aromatic heterocycles. The third-order valence-corrected chi connectivity index (χ3v) is 6.74. The van der Waals surface area contributed by atoms with Gasteiger partial charge in [0.2, 0.25) is 5.91 Å². The van der Waals surface area contributed by atoms with Crippen LogP contribution in [0.25, 0.3) is 11.4 Å². The number of hydrogen-bond acceptors (Lipinski definition) is 5. The molecule has 0 fully saturated rings. The van der Waals surface area contributed by atoms with E-state index in [-0.39, 0.29) is 5.91 Å². The zero-order valence-corrected chi connectivity index (χ0v) is 19.2. The maximum atomic E-state index is 12.4. The van der Waals surface area contributed by atoms with E-state index in [4.69, 9.17) is 0 Å². The monoisotopic (exact) mass is 435 g/mol. The summed E-state index contributed by atoms with van der Waals surface area (Å²) < 4.78 is 2.07. The van der Waals surface area contributed by atoms with Crippen LogP contribution in [0.15, 0.2) is 53.7 Å². The summed E-state index contributed by atoms with van der Waals surface area (Å²) in [5, 5.41) is 12.6. The van der Waals surface area contributed by atoms with Crippen molar-refractivity contribution in [2.75, 3.05) is 23.7 Å². The first-order valence-corrected chi connectivity index (χ1v) is 11.8. The summed E-state index contributed by atoms with van der Waals surface area (Å²) in [6, 6.07) is 17.2. The van der Waals surface area contributed by atoms with E-state index in [1.165, 1.54) is 23.0 Å². The molecule has 0 spiro atoms. The number of rotatable bonds is 8. The third kappa shape index (κ3) is 4.61. The van der Waals surface area contributed by atoms with Gasteiger partial charge in [0, 0.05) is 36.9 Å². The minimum atomic E-state index is 0.0215. The van der Waals surface area contributed by atoms with Crippen LogP contribution in [0.4, 0.5) is 5.69 Å². The number of hydrogen-bond donors (Lipinski definition) is 1. The van der Waals surface area contributed by atoms with Crippen molar-refractivity contribution in [2.45, 2.75) is 44.9 Å². The van der Waals surface area contributed by atoms with Crippen LogP contribution < -0.4 is 10.2 Å². The van der Waals surface area contributed by atoms with E-state index in [2.05, 4.69) is 82.2 Å². The summed E-state index contributed by atoms with van der Waals surface area (Å²) in [7, 11) is 0. The lowest BCUT2D eigenvalue weighted by Crippen LogP contribution is -2.38. The average molecular weight is 436 g/mol. The second-order valence-electron chi connectivity index (χ2n) is 7.88. The number of aromatic nitrogens is 3. The van der Waals surface area contributed by atoms with Crippen LogP contribution >= 0.6 is 11.8 Å². The first-order valence-electron chi connectivity index (χ1n) is 10.8. The second-order valence-corrected chi connectivity index (χ2v) is 8.82. The summed E-state index contributed by atoms with van der Waals surface area (Å²) in [4.78, 5) is 14.8. The highest BCUT2D eigenvalue weighted by atomic mass is 32.2. The molecule has 31 heavy (non-hydrogen) atoms. The van der Waals surface area contributed by atoms with Crippen molar-refractivity contribution in [3.05, 3.63) is 59.7 Å². The topological polar surface area (TPSA) is 63.1 Å². The Morgan fingerprint density at radius 2 is 1.94 bits per heavy atom. The van der Waals surface area contributed by atoms with E-state index < -0.39 is 0 Å². The van der Waals surface area contributed by atoms with Crippen LogP contribution in [0.1, 0.15) is 25.0 Å². The highest BCUT2D eigenvalue weighted by Gasteiger charge is 2.25. The van der Waals surface area contributed by atoms with Crippen molar-refractivity contribution in [3.8, 4) is 11.4 Å². The van der Waals surface area contributed by atoms with E-state index >= 15 is 0 Å². The zero-order chi connectivity index (χ0) is 21.8. The number of para-hydroxylation sites is 1. The molecule has 0 aliphatic carbocycles. The van der Waals surface area contributed by atoms with Crippen LogP contribution in [-0.2, 0) is 17.8 Å². The van der Waals surface area contributed by atoms with Crippen LogP contribution in [-0.4, -0.2) is 45.6 Å². The summed E-state index contributed by atoms with van der Waals surface area (Å²) in [5.74, 6) is 1.20. The van der Waals surface area contributed by atoms with Gasteiger partial charge >= 0.3 is 0 Å². The van der Waals surface area contributed by atoms with Gasteiger partial charge in [-0.1, -0.05) is 54.2 Å². The lowest BCUT2D eigenvalue weighted by atomic mass is 10.1. The van der Waals surface area contributed by atoms with Crippen molar-refractivity contribution in [1.82, 2.24) is 20.1 Å². The number of nitrogens with one attached hydrogen (secondary N) is 1. The Balaban J connectivity index is 1.31. The Morgan fingerprint density at radius 3 is 2.74 bits per heavy atom. The molecule has 1 aliphatic heterocycles. The van der Waals surface area contributed by atoms with E-state index in [0.29, 0.717) is 18.3 Å². The first-order chi connectivity index (χ1) is 15.1. The average Bonchev–Trinajstić information content (AvgIpc) is 3.32. The molecule has 0 saturated heterocycles. The SMILES string of the molecule is CCn1c(SCC(=O)NCCN2c3ccccc3CC2C)nnc1-c1ccccc1C. The van der Waals surface area contributed by atoms with Crippen LogP contribution in [0.2, 0.25) is 0 Å². The Labute approximate surface area is 188 Å². The molecular weight excluding hydrogens is 406 g/mol. The smallest absolute Gasteiger partial charge is 0.230 e. The summed E-state index contributed by atoms with van der Waals surface area (Å²) in [6.07, 6.45) is 1.07. The molecule has 0 bridgehead atoms. The van der Waals surface area contributed by atoms with Gasteiger partial charge < -0.3 is 14.8 Å². The van der Waals surface area contributed by atoms with Gasteiger partial charge in [-0.15, -0.1) is 10.2 Å². The molecule has 0 radical (unpaired) electrons. The fourth-order valence-corrected chi connectivity index (χ4v) is 5.00. The molecule has 3 aromatic rings. The number of carbonyl (C=O) groups excluding carboxylic acids is 1. The molecule has 162 valence electrons. The number of benzene rings is 2. The fourth-order valence-electron chi connectivity index (χ4n) is 4.17. The van der Waals surface area contributed by atoms with Crippen LogP contribution in [0.3, 0.4) is 0 Å². The molecule has 6 nitrogen and oxygen atoms in total. The number of aryl methyl sites for hydroxylation is 1. The number of carbonyl (C=O) groups is 1. The molecule has 1 unspecified atom stereocenters. The fraction of sp³-hybridized carbons (Fsp3) is 0.375. The number of thioether (sulfide) groups is 1. The standard InChI is InChI=1S/C24H29N5OS/c1-4-28-23(20-11-7-5-9-17(20)2)26-27-24(28)31-16-22(30)25-13-14-29-18(3)15-19-10-6-8-12-21(19)29/h5-12,18H,4,13-16H2,1-3H3,(H,25,30). The number of amides is 1. The zero-order valence-electron chi connectivity index (χ0n) is 18.3. The van der Waals surface area contributed by atoms with E-state index in [9.17, 15) is 4.79 Å². The van der Waals surface area contributed by atoms with Gasteiger partial charge in [-0.2, -0.15) is 0 Å². The number of nitrogens with zero attached hydrogens (tertiary/aromatic N) is 4. The quantitative estimate of drug-likeness (QED) is 0.543. The maximum Gasteiger partial charge on any atom is 0.230 e. The van der Waals surface area contributed by atoms with Crippen LogP contribution in [0, 0.1) is 6.92 Å². The first kappa shape index (κ1) is 21.4. The van der Waals surface area contributed by atoms with Gasteiger partial charge in [-0.25, -0.2) is 0 Å². The number of fused-ring (bicyclic) bond motifs is 1. The van der Waals surface area contributed by atoms with Gasteiger partial charge in [0.05, 0.1) is 5.75 Å². The largest absolute Gasteiger partial charge is 0.367 e. The van der Waals surface area contributed by atoms with Gasteiger partial charge in [-0.05, 0) is 44.4 Å². The third-order valence-electron chi connectivity index (χ3n) is 5.77. The Bertz CT molecular complexity index is 1060. The predicted octanol–water partition coefficient (Wildman–Crippen LogP) is 3.93. The van der Waals surface area contributed by atoms with Crippen LogP contribution in [0.5, 0.6) is 0 Å². The van der Waals surface area contributed by atoms with Crippen molar-refractivity contribution in [3.63, 3.8) is 0 Å². The van der Waals surface area contributed by atoms with Gasteiger partial charge in [0.25, 0.3) is 0 Å². The predicted molar refractivity (Wildman–Crippen MR) is 127 cm³/mol. The van der Waals surface area contributed by atoms with E-state index in [1.807, 2.05) is 12.1 Å². The van der Waals surface area contributed by atoms with Crippen molar-refractivity contribution in [2.24, 2.45) is 0 Å². The number of anilines is 1. The minimum Gasteiger partial charge on any atom is -0.367 e. The Kier molecular flexibility index (Phi) is 6.61. The lowest BCUT2D eigenvalue weighted by molar-refractivity contribution is -0.118. The van der Waals surface area contributed by atoms with Crippen molar-refractivity contribution >= 4 is 23.4 Å². The Hall–Kier alpha value is -2.80. The lowest BCUT2D eigenvalue weighted by Gasteiger charge is -2.25. The van der Waals surface area contributed by atoms with Crippen molar-refractivity contribution in [1.29, 1.82) is 0 Å². The van der Waals surface area contributed by atoms with Gasteiger partial charge in [0.15, 0.2) is 11.0 Å².